The van der Waals surface area contributed by atoms with Gasteiger partial charge in [0.25, 0.3) is 0 Å². The molecule has 0 aromatic carbocycles. The van der Waals surface area contributed by atoms with Gasteiger partial charge in [0.15, 0.2) is 0 Å². The van der Waals surface area contributed by atoms with Gasteiger partial charge in [-0.2, -0.15) is 0 Å². The molecule has 0 saturated carbocycles. The van der Waals surface area contributed by atoms with Gasteiger partial charge in [0.05, 0.1) is 25.2 Å². The summed E-state index contributed by atoms with van der Waals surface area (Å²) in [5, 5.41) is 3.28. The van der Waals surface area contributed by atoms with E-state index in [-0.39, 0.29) is 0 Å². The van der Waals surface area contributed by atoms with Gasteiger partial charge in [-0.15, -0.1) is 0 Å². The van der Waals surface area contributed by atoms with Crippen LogP contribution in [0, 0.1) is 0 Å². The number of hydrogen-bond donors (Lipinski definition) is 1. The van der Waals surface area contributed by atoms with Crippen LogP contribution in [0.25, 0.3) is 0 Å². The standard InChI is InChI=1S/C10H19N3O2/c1-14-5-3-11-7-10-8-12-9-13(10)4-6-15-2/h8-9,11H,3-7H2,1-2H3. The fourth-order valence-corrected chi connectivity index (χ4v) is 1.28. The maximum absolute atomic E-state index is 5.02. The summed E-state index contributed by atoms with van der Waals surface area (Å²) in [7, 11) is 3.40. The van der Waals surface area contributed by atoms with Crippen molar-refractivity contribution in [1.82, 2.24) is 14.9 Å². The molecule has 0 radical (unpaired) electrons. The molecule has 5 heteroatoms. The number of methoxy groups -OCH3 is 2. The average Bonchev–Trinajstić information content (AvgIpc) is 2.69. The second kappa shape index (κ2) is 7.39. The lowest BCUT2D eigenvalue weighted by Gasteiger charge is -2.08. The third-order valence-corrected chi connectivity index (χ3v) is 2.12. The van der Waals surface area contributed by atoms with E-state index in [1.165, 1.54) is 5.69 Å². The highest BCUT2D eigenvalue weighted by molar-refractivity contribution is 4.97. The van der Waals surface area contributed by atoms with Crippen LogP contribution in [0.1, 0.15) is 5.69 Å². The summed E-state index contributed by atoms with van der Waals surface area (Å²) in [6.45, 7) is 3.95. The Labute approximate surface area is 90.4 Å². The van der Waals surface area contributed by atoms with Gasteiger partial charge >= 0.3 is 0 Å². The minimum atomic E-state index is 0.710. The Kier molecular flexibility index (Phi) is 5.99. The van der Waals surface area contributed by atoms with Crippen molar-refractivity contribution in [2.24, 2.45) is 0 Å². The molecular formula is C10H19N3O2. The lowest BCUT2D eigenvalue weighted by atomic mass is 10.4. The maximum atomic E-state index is 5.02. The molecule has 0 fully saturated rings. The molecule has 1 aromatic rings. The molecule has 1 aromatic heterocycles. The number of nitrogens with zero attached hydrogens (tertiary/aromatic N) is 2. The number of aromatic nitrogens is 2. The number of rotatable bonds is 8. The Morgan fingerprint density at radius 3 is 2.87 bits per heavy atom. The summed E-state index contributed by atoms with van der Waals surface area (Å²) >= 11 is 0. The first kappa shape index (κ1) is 12.2. The van der Waals surface area contributed by atoms with E-state index in [4.69, 9.17) is 9.47 Å². The fraction of sp³-hybridized carbons (Fsp3) is 0.700. The molecule has 1 N–H and O–H groups in total. The molecule has 0 amide bonds. The monoisotopic (exact) mass is 213 g/mol. The molecule has 15 heavy (non-hydrogen) atoms. The molecular weight excluding hydrogens is 194 g/mol. The van der Waals surface area contributed by atoms with E-state index in [1.807, 2.05) is 12.5 Å². The van der Waals surface area contributed by atoms with Crippen LogP contribution in [0.4, 0.5) is 0 Å². The van der Waals surface area contributed by atoms with Crippen LogP contribution in [-0.2, 0) is 22.6 Å². The quantitative estimate of drug-likeness (QED) is 0.630. The predicted octanol–water partition coefficient (Wildman–Crippen LogP) is 0.265. The Hall–Kier alpha value is -0.910. The van der Waals surface area contributed by atoms with Crippen LogP contribution in [0.3, 0.4) is 0 Å². The number of imidazole rings is 1. The number of ether oxygens (including phenoxy) is 2. The molecule has 0 atom stereocenters. The highest BCUT2D eigenvalue weighted by Gasteiger charge is 2.00. The van der Waals surface area contributed by atoms with Crippen molar-refractivity contribution in [3.05, 3.63) is 18.2 Å². The van der Waals surface area contributed by atoms with Crippen LogP contribution >= 0.6 is 0 Å². The van der Waals surface area contributed by atoms with Crippen molar-refractivity contribution in [3.63, 3.8) is 0 Å². The highest BCUT2D eigenvalue weighted by atomic mass is 16.5. The fourth-order valence-electron chi connectivity index (χ4n) is 1.28. The van der Waals surface area contributed by atoms with Gasteiger partial charge in [0.2, 0.25) is 0 Å². The zero-order chi connectivity index (χ0) is 10.9. The van der Waals surface area contributed by atoms with Crippen molar-refractivity contribution in [3.8, 4) is 0 Å². The zero-order valence-corrected chi connectivity index (χ0v) is 9.40. The SMILES string of the molecule is COCCNCc1cncn1CCOC. The topological polar surface area (TPSA) is 48.3 Å². The summed E-state index contributed by atoms with van der Waals surface area (Å²) in [6, 6.07) is 0. The molecule has 0 bridgehead atoms. The summed E-state index contributed by atoms with van der Waals surface area (Å²) in [5.74, 6) is 0. The van der Waals surface area contributed by atoms with Gasteiger partial charge in [-0.25, -0.2) is 4.98 Å². The largest absolute Gasteiger partial charge is 0.383 e. The number of nitrogens with one attached hydrogen (secondary N) is 1. The van der Waals surface area contributed by atoms with Crippen molar-refractivity contribution in [2.45, 2.75) is 13.1 Å². The van der Waals surface area contributed by atoms with E-state index in [2.05, 4.69) is 14.9 Å². The minimum absolute atomic E-state index is 0.710. The third-order valence-electron chi connectivity index (χ3n) is 2.12. The first-order valence-electron chi connectivity index (χ1n) is 5.06. The zero-order valence-electron chi connectivity index (χ0n) is 9.40. The van der Waals surface area contributed by atoms with Gasteiger partial charge in [-0.3, -0.25) is 0 Å². The van der Waals surface area contributed by atoms with Gasteiger partial charge in [0.1, 0.15) is 0 Å². The highest BCUT2D eigenvalue weighted by Crippen LogP contribution is 1.98. The summed E-state index contributed by atoms with van der Waals surface area (Å²) in [6.07, 6.45) is 3.70. The molecule has 0 aliphatic heterocycles. The first-order valence-corrected chi connectivity index (χ1v) is 5.06. The summed E-state index contributed by atoms with van der Waals surface area (Å²) in [4.78, 5) is 4.11. The van der Waals surface area contributed by atoms with E-state index >= 15 is 0 Å². The Morgan fingerprint density at radius 1 is 1.33 bits per heavy atom. The van der Waals surface area contributed by atoms with Gasteiger partial charge in [0, 0.05) is 40.1 Å². The van der Waals surface area contributed by atoms with E-state index in [0.717, 1.165) is 26.2 Å². The van der Waals surface area contributed by atoms with Crippen molar-refractivity contribution in [1.29, 1.82) is 0 Å². The van der Waals surface area contributed by atoms with Gasteiger partial charge < -0.3 is 19.4 Å². The molecule has 0 aliphatic carbocycles. The smallest absolute Gasteiger partial charge is 0.0949 e. The first-order chi connectivity index (χ1) is 7.38. The average molecular weight is 213 g/mol. The van der Waals surface area contributed by atoms with Crippen LogP contribution in [-0.4, -0.2) is 43.5 Å². The molecule has 0 spiro atoms. The van der Waals surface area contributed by atoms with Crippen molar-refractivity contribution >= 4 is 0 Å². The van der Waals surface area contributed by atoms with Crippen LogP contribution in [0.5, 0.6) is 0 Å². The van der Waals surface area contributed by atoms with Gasteiger partial charge in [-0.1, -0.05) is 0 Å². The van der Waals surface area contributed by atoms with E-state index in [1.54, 1.807) is 14.2 Å². The Bertz CT molecular complexity index is 263. The lowest BCUT2D eigenvalue weighted by Crippen LogP contribution is -2.20. The Balaban J connectivity index is 2.29. The molecule has 86 valence electrons. The Morgan fingerprint density at radius 2 is 2.13 bits per heavy atom. The maximum Gasteiger partial charge on any atom is 0.0949 e. The molecule has 0 aliphatic rings. The molecule has 1 rings (SSSR count). The second-order valence-corrected chi connectivity index (χ2v) is 3.24. The minimum Gasteiger partial charge on any atom is -0.383 e. The third kappa shape index (κ3) is 4.42. The molecule has 5 nitrogen and oxygen atoms in total. The van der Waals surface area contributed by atoms with Crippen LogP contribution in [0.15, 0.2) is 12.5 Å². The molecule has 1 heterocycles. The molecule has 0 unspecified atom stereocenters. The van der Waals surface area contributed by atoms with Crippen molar-refractivity contribution in [2.75, 3.05) is 34.0 Å². The lowest BCUT2D eigenvalue weighted by molar-refractivity contribution is 0.185. The number of hydrogen-bond acceptors (Lipinski definition) is 4. The molecule has 0 saturated heterocycles. The van der Waals surface area contributed by atoms with E-state index < -0.39 is 0 Å². The summed E-state index contributed by atoms with van der Waals surface area (Å²) in [5.41, 5.74) is 1.17. The van der Waals surface area contributed by atoms with Crippen LogP contribution in [0.2, 0.25) is 0 Å². The van der Waals surface area contributed by atoms with Crippen molar-refractivity contribution < 1.29 is 9.47 Å². The van der Waals surface area contributed by atoms with Gasteiger partial charge in [-0.05, 0) is 0 Å². The second-order valence-electron chi connectivity index (χ2n) is 3.24. The summed E-state index contributed by atoms with van der Waals surface area (Å²) < 4.78 is 12.1. The van der Waals surface area contributed by atoms with E-state index in [9.17, 15) is 0 Å². The predicted molar refractivity (Wildman–Crippen MR) is 57.7 cm³/mol. The van der Waals surface area contributed by atoms with Crippen LogP contribution < -0.4 is 5.32 Å². The normalized spacial score (nSPS) is 10.8. The van der Waals surface area contributed by atoms with E-state index in [0.29, 0.717) is 6.61 Å².